The maximum Gasteiger partial charge on any atom is 0.268 e. The minimum absolute atomic E-state index is 0.228. The molecule has 0 saturated heterocycles. The molecule has 0 radical (unpaired) electrons. The Labute approximate surface area is 192 Å². The molecule has 5 heteroatoms. The van der Waals surface area contributed by atoms with Crippen molar-refractivity contribution in [1.29, 1.82) is 0 Å². The Balaban J connectivity index is 1.67. The lowest BCUT2D eigenvalue weighted by Crippen LogP contribution is -2.30. The summed E-state index contributed by atoms with van der Waals surface area (Å²) in [6, 6.07) is 23.3. The molecule has 0 aliphatic carbocycles. The van der Waals surface area contributed by atoms with Crippen molar-refractivity contribution in [1.82, 2.24) is 4.90 Å². The Morgan fingerprint density at radius 1 is 0.812 bits per heavy atom. The fourth-order valence-corrected chi connectivity index (χ4v) is 4.71. The van der Waals surface area contributed by atoms with Gasteiger partial charge in [-0.25, -0.2) is 0 Å². The molecule has 0 spiro atoms. The molecule has 162 valence electrons. The SMILES string of the molecule is COc1ccc(CN2C(=O)C(SCc3ccccc3)=C(c3ccc(C)c(C)c3)C2=O)cc1. The van der Waals surface area contributed by atoms with Gasteiger partial charge in [0.25, 0.3) is 11.8 Å². The summed E-state index contributed by atoms with van der Waals surface area (Å²) in [6.07, 6.45) is 0. The van der Waals surface area contributed by atoms with E-state index in [1.807, 2.05) is 86.6 Å². The molecular formula is C27H25NO3S. The minimum atomic E-state index is -0.246. The van der Waals surface area contributed by atoms with Gasteiger partial charge in [0.15, 0.2) is 0 Å². The van der Waals surface area contributed by atoms with Gasteiger partial charge in [-0.1, -0.05) is 60.7 Å². The number of amides is 2. The van der Waals surface area contributed by atoms with Gasteiger partial charge in [-0.2, -0.15) is 0 Å². The molecule has 0 atom stereocenters. The Bertz CT molecular complexity index is 1180. The zero-order valence-electron chi connectivity index (χ0n) is 18.4. The van der Waals surface area contributed by atoms with Crippen molar-refractivity contribution in [3.63, 3.8) is 0 Å². The van der Waals surface area contributed by atoms with Gasteiger partial charge in [0.05, 0.1) is 24.1 Å². The van der Waals surface area contributed by atoms with E-state index in [2.05, 4.69) is 0 Å². The lowest BCUT2D eigenvalue weighted by atomic mass is 10.0. The van der Waals surface area contributed by atoms with Crippen molar-refractivity contribution < 1.29 is 14.3 Å². The molecule has 4 nitrogen and oxygen atoms in total. The van der Waals surface area contributed by atoms with Crippen LogP contribution >= 0.6 is 11.8 Å². The van der Waals surface area contributed by atoms with E-state index in [1.165, 1.54) is 16.7 Å². The van der Waals surface area contributed by atoms with Crippen LogP contribution in [0.4, 0.5) is 0 Å². The Hall–Kier alpha value is -3.31. The fraction of sp³-hybridized carbons (Fsp3) is 0.185. The molecule has 2 amide bonds. The highest BCUT2D eigenvalue weighted by Gasteiger charge is 2.39. The van der Waals surface area contributed by atoms with Gasteiger partial charge in [-0.3, -0.25) is 14.5 Å². The predicted molar refractivity (Wildman–Crippen MR) is 129 cm³/mol. The van der Waals surface area contributed by atoms with Crippen molar-refractivity contribution in [3.05, 3.63) is 106 Å². The first-order valence-electron chi connectivity index (χ1n) is 10.5. The summed E-state index contributed by atoms with van der Waals surface area (Å²) in [7, 11) is 1.61. The number of hydrogen-bond acceptors (Lipinski definition) is 4. The average molecular weight is 444 g/mol. The van der Waals surface area contributed by atoms with E-state index >= 15 is 0 Å². The van der Waals surface area contributed by atoms with Crippen LogP contribution in [0.15, 0.2) is 77.7 Å². The van der Waals surface area contributed by atoms with E-state index in [1.54, 1.807) is 7.11 Å². The first-order valence-corrected chi connectivity index (χ1v) is 11.4. The van der Waals surface area contributed by atoms with Gasteiger partial charge in [0.1, 0.15) is 5.75 Å². The second-order valence-electron chi connectivity index (χ2n) is 7.82. The molecule has 32 heavy (non-hydrogen) atoms. The number of nitrogens with zero attached hydrogens (tertiary/aromatic N) is 1. The predicted octanol–water partition coefficient (Wildman–Crippen LogP) is 5.53. The van der Waals surface area contributed by atoms with Crippen LogP contribution in [0.3, 0.4) is 0 Å². The fourth-order valence-electron chi connectivity index (χ4n) is 3.63. The van der Waals surface area contributed by atoms with Gasteiger partial charge < -0.3 is 4.74 Å². The molecule has 0 unspecified atom stereocenters. The number of methoxy groups -OCH3 is 1. The highest BCUT2D eigenvalue weighted by Crippen LogP contribution is 2.38. The van der Waals surface area contributed by atoms with Crippen LogP contribution in [0, 0.1) is 13.8 Å². The molecule has 1 aliphatic heterocycles. The van der Waals surface area contributed by atoms with Gasteiger partial charge in [-0.15, -0.1) is 11.8 Å². The quantitative estimate of drug-likeness (QED) is 0.451. The molecular weight excluding hydrogens is 418 g/mol. The monoisotopic (exact) mass is 443 g/mol. The zero-order chi connectivity index (χ0) is 22.7. The van der Waals surface area contributed by atoms with Crippen molar-refractivity contribution >= 4 is 29.1 Å². The summed E-state index contributed by atoms with van der Waals surface area (Å²) in [6.45, 7) is 4.29. The highest BCUT2D eigenvalue weighted by molar-refractivity contribution is 8.03. The molecule has 0 bridgehead atoms. The maximum absolute atomic E-state index is 13.5. The van der Waals surface area contributed by atoms with Crippen LogP contribution in [0.5, 0.6) is 5.75 Å². The highest BCUT2D eigenvalue weighted by atomic mass is 32.2. The number of hydrogen-bond donors (Lipinski definition) is 0. The number of aryl methyl sites for hydroxylation is 2. The van der Waals surface area contributed by atoms with Crippen molar-refractivity contribution in [3.8, 4) is 5.75 Å². The van der Waals surface area contributed by atoms with E-state index in [9.17, 15) is 9.59 Å². The number of carbonyl (C=O) groups is 2. The number of ether oxygens (including phenoxy) is 1. The van der Waals surface area contributed by atoms with E-state index in [4.69, 9.17) is 4.74 Å². The van der Waals surface area contributed by atoms with E-state index < -0.39 is 0 Å². The van der Waals surface area contributed by atoms with Crippen LogP contribution in [0.1, 0.15) is 27.8 Å². The van der Waals surface area contributed by atoms with Crippen molar-refractivity contribution in [2.75, 3.05) is 7.11 Å². The number of imide groups is 1. The molecule has 0 saturated carbocycles. The van der Waals surface area contributed by atoms with E-state index in [0.29, 0.717) is 16.2 Å². The number of benzene rings is 3. The second kappa shape index (κ2) is 9.45. The Kier molecular flexibility index (Phi) is 6.47. The first kappa shape index (κ1) is 21.9. The Morgan fingerprint density at radius 3 is 2.19 bits per heavy atom. The third-order valence-electron chi connectivity index (χ3n) is 5.65. The number of rotatable bonds is 7. The first-order chi connectivity index (χ1) is 15.5. The summed E-state index contributed by atoms with van der Waals surface area (Å²) in [5.74, 6) is 0.880. The third-order valence-corrected chi connectivity index (χ3v) is 6.79. The molecule has 0 fully saturated rings. The molecule has 1 heterocycles. The van der Waals surface area contributed by atoms with Crippen LogP contribution in [0.25, 0.3) is 5.57 Å². The van der Waals surface area contributed by atoms with Crippen LogP contribution in [-0.2, 0) is 21.9 Å². The minimum Gasteiger partial charge on any atom is -0.497 e. The molecule has 3 aromatic rings. The van der Waals surface area contributed by atoms with Crippen molar-refractivity contribution in [2.45, 2.75) is 26.1 Å². The van der Waals surface area contributed by atoms with E-state index in [-0.39, 0.29) is 18.4 Å². The topological polar surface area (TPSA) is 46.6 Å². The summed E-state index contributed by atoms with van der Waals surface area (Å²) in [5.41, 5.74) is 5.52. The summed E-state index contributed by atoms with van der Waals surface area (Å²) < 4.78 is 5.21. The molecule has 3 aromatic carbocycles. The molecule has 0 N–H and O–H groups in total. The smallest absolute Gasteiger partial charge is 0.268 e. The largest absolute Gasteiger partial charge is 0.497 e. The van der Waals surface area contributed by atoms with Crippen molar-refractivity contribution in [2.24, 2.45) is 0 Å². The van der Waals surface area contributed by atoms with Gasteiger partial charge >= 0.3 is 0 Å². The summed E-state index contributed by atoms with van der Waals surface area (Å²) >= 11 is 1.43. The molecule has 1 aliphatic rings. The van der Waals surface area contributed by atoms with Gasteiger partial charge in [0, 0.05) is 5.75 Å². The van der Waals surface area contributed by atoms with Gasteiger partial charge in [0.2, 0.25) is 0 Å². The molecule has 4 rings (SSSR count). The maximum atomic E-state index is 13.5. The summed E-state index contributed by atoms with van der Waals surface area (Å²) in [4.78, 5) is 28.7. The second-order valence-corrected chi connectivity index (χ2v) is 8.81. The average Bonchev–Trinajstić information content (AvgIpc) is 3.05. The number of thioether (sulfide) groups is 1. The summed E-state index contributed by atoms with van der Waals surface area (Å²) in [5, 5.41) is 0. The standard InChI is InChI=1S/C27H25NO3S/c1-18-9-12-22(15-19(18)2)24-25(32-17-21-7-5-4-6-8-21)27(30)28(26(24)29)16-20-10-13-23(31-3)14-11-20/h4-15H,16-17H2,1-3H3. The van der Waals surface area contributed by atoms with Crippen LogP contribution in [-0.4, -0.2) is 23.8 Å². The van der Waals surface area contributed by atoms with Gasteiger partial charge in [-0.05, 0) is 53.8 Å². The lowest BCUT2D eigenvalue weighted by Gasteiger charge is -2.15. The lowest BCUT2D eigenvalue weighted by molar-refractivity contribution is -0.137. The normalized spacial score (nSPS) is 13.8. The van der Waals surface area contributed by atoms with E-state index in [0.717, 1.165) is 33.6 Å². The van der Waals surface area contributed by atoms with Crippen LogP contribution in [0.2, 0.25) is 0 Å². The molecule has 0 aromatic heterocycles. The Morgan fingerprint density at radius 2 is 1.53 bits per heavy atom. The zero-order valence-corrected chi connectivity index (χ0v) is 19.2. The third kappa shape index (κ3) is 4.48. The van der Waals surface area contributed by atoms with Crippen LogP contribution < -0.4 is 4.74 Å². The number of carbonyl (C=O) groups excluding carboxylic acids is 2.